The summed E-state index contributed by atoms with van der Waals surface area (Å²) >= 11 is 0. The number of aryl methyl sites for hydroxylation is 2. The van der Waals surface area contributed by atoms with Crippen molar-refractivity contribution in [2.75, 3.05) is 38.4 Å². The maximum atomic E-state index is 13.4. The molecule has 0 unspecified atom stereocenters. The summed E-state index contributed by atoms with van der Waals surface area (Å²) in [6.45, 7) is 8.70. The maximum Gasteiger partial charge on any atom is 0.235 e. The SMILES string of the molecule is CCOCCOc1ncc(NC(=O)C2(c3ccc(C)cc3)CCOCC2)cc1C. The van der Waals surface area contributed by atoms with E-state index in [0.717, 1.165) is 11.1 Å². The van der Waals surface area contributed by atoms with Crippen LogP contribution >= 0.6 is 0 Å². The Balaban J connectivity index is 1.74. The van der Waals surface area contributed by atoms with Crippen LogP contribution in [-0.2, 0) is 19.7 Å². The topological polar surface area (TPSA) is 69.7 Å². The van der Waals surface area contributed by atoms with Crippen LogP contribution in [0.3, 0.4) is 0 Å². The highest BCUT2D eigenvalue weighted by molar-refractivity contribution is 5.99. The first-order valence-electron chi connectivity index (χ1n) is 10.2. The van der Waals surface area contributed by atoms with Gasteiger partial charge >= 0.3 is 0 Å². The molecular formula is C23H30N2O4. The number of carbonyl (C=O) groups is 1. The first-order chi connectivity index (χ1) is 14.0. The molecule has 2 heterocycles. The predicted molar refractivity (Wildman–Crippen MR) is 113 cm³/mol. The molecule has 156 valence electrons. The first-order valence-corrected chi connectivity index (χ1v) is 10.2. The number of nitrogens with one attached hydrogen (secondary N) is 1. The Morgan fingerprint density at radius 2 is 1.90 bits per heavy atom. The smallest absolute Gasteiger partial charge is 0.235 e. The third-order valence-corrected chi connectivity index (χ3v) is 5.34. The number of ether oxygens (including phenoxy) is 3. The molecule has 1 N–H and O–H groups in total. The molecule has 1 fully saturated rings. The fraction of sp³-hybridized carbons (Fsp3) is 0.478. The minimum absolute atomic E-state index is 0.0177. The van der Waals surface area contributed by atoms with Crippen LogP contribution in [0.5, 0.6) is 5.88 Å². The van der Waals surface area contributed by atoms with E-state index in [2.05, 4.69) is 34.6 Å². The van der Waals surface area contributed by atoms with Crippen LogP contribution in [0.25, 0.3) is 0 Å². The minimum atomic E-state index is -0.591. The van der Waals surface area contributed by atoms with Gasteiger partial charge in [-0.15, -0.1) is 0 Å². The summed E-state index contributed by atoms with van der Waals surface area (Å²) in [5, 5.41) is 3.07. The number of rotatable bonds is 8. The van der Waals surface area contributed by atoms with E-state index in [4.69, 9.17) is 14.2 Å². The Morgan fingerprint density at radius 3 is 2.55 bits per heavy atom. The highest BCUT2D eigenvalue weighted by Gasteiger charge is 2.41. The van der Waals surface area contributed by atoms with Crippen LogP contribution in [0, 0.1) is 13.8 Å². The monoisotopic (exact) mass is 398 g/mol. The number of nitrogens with zero attached hydrogens (tertiary/aromatic N) is 1. The van der Waals surface area contributed by atoms with Crippen molar-refractivity contribution in [1.82, 2.24) is 4.98 Å². The summed E-state index contributed by atoms with van der Waals surface area (Å²) in [5.41, 5.74) is 3.16. The molecule has 1 aromatic carbocycles. The van der Waals surface area contributed by atoms with Gasteiger partial charge < -0.3 is 19.5 Å². The van der Waals surface area contributed by atoms with Crippen LogP contribution in [0.15, 0.2) is 36.5 Å². The molecule has 0 bridgehead atoms. The number of aromatic nitrogens is 1. The van der Waals surface area contributed by atoms with Gasteiger partial charge in [-0.3, -0.25) is 4.79 Å². The lowest BCUT2D eigenvalue weighted by Crippen LogP contribution is -2.44. The number of hydrogen-bond acceptors (Lipinski definition) is 5. The van der Waals surface area contributed by atoms with E-state index in [1.165, 1.54) is 5.56 Å². The lowest BCUT2D eigenvalue weighted by atomic mass is 9.73. The van der Waals surface area contributed by atoms with Crippen molar-refractivity contribution in [2.24, 2.45) is 0 Å². The second-order valence-electron chi connectivity index (χ2n) is 7.41. The van der Waals surface area contributed by atoms with Crippen molar-refractivity contribution in [1.29, 1.82) is 0 Å². The van der Waals surface area contributed by atoms with Crippen LogP contribution in [0.4, 0.5) is 5.69 Å². The highest BCUT2D eigenvalue weighted by atomic mass is 16.5. The van der Waals surface area contributed by atoms with Crippen molar-refractivity contribution in [3.05, 3.63) is 53.2 Å². The van der Waals surface area contributed by atoms with E-state index in [9.17, 15) is 4.79 Å². The summed E-state index contributed by atoms with van der Waals surface area (Å²) in [4.78, 5) is 17.7. The Bertz CT molecular complexity index is 814. The molecule has 1 aromatic heterocycles. The van der Waals surface area contributed by atoms with Crippen LogP contribution in [-0.4, -0.2) is 43.9 Å². The number of hydrogen-bond donors (Lipinski definition) is 1. The normalized spacial score (nSPS) is 15.7. The van der Waals surface area contributed by atoms with Gasteiger partial charge in [-0.1, -0.05) is 29.8 Å². The van der Waals surface area contributed by atoms with Crippen LogP contribution in [0.1, 0.15) is 36.5 Å². The second kappa shape index (κ2) is 9.85. The summed E-state index contributed by atoms with van der Waals surface area (Å²) in [5.74, 6) is 0.540. The third-order valence-electron chi connectivity index (χ3n) is 5.34. The van der Waals surface area contributed by atoms with E-state index in [1.54, 1.807) is 6.20 Å². The molecule has 1 saturated heterocycles. The fourth-order valence-electron chi connectivity index (χ4n) is 3.61. The van der Waals surface area contributed by atoms with E-state index in [-0.39, 0.29) is 5.91 Å². The van der Waals surface area contributed by atoms with Gasteiger partial charge in [0, 0.05) is 25.4 Å². The molecule has 29 heavy (non-hydrogen) atoms. The van der Waals surface area contributed by atoms with Gasteiger partial charge in [-0.2, -0.15) is 0 Å². The molecule has 0 radical (unpaired) electrons. The lowest BCUT2D eigenvalue weighted by Gasteiger charge is -2.36. The first kappa shape index (κ1) is 21.3. The molecule has 0 atom stereocenters. The fourth-order valence-corrected chi connectivity index (χ4v) is 3.61. The second-order valence-corrected chi connectivity index (χ2v) is 7.41. The zero-order valence-electron chi connectivity index (χ0n) is 17.5. The summed E-state index contributed by atoms with van der Waals surface area (Å²) < 4.78 is 16.5. The number of carbonyl (C=O) groups excluding carboxylic acids is 1. The van der Waals surface area contributed by atoms with Crippen LogP contribution in [0.2, 0.25) is 0 Å². The van der Waals surface area contributed by atoms with E-state index in [0.29, 0.717) is 57.4 Å². The van der Waals surface area contributed by atoms with Gasteiger partial charge in [0.1, 0.15) is 6.61 Å². The summed E-state index contributed by atoms with van der Waals surface area (Å²) in [6.07, 6.45) is 2.96. The van der Waals surface area contributed by atoms with Crippen molar-refractivity contribution in [3.8, 4) is 5.88 Å². The lowest BCUT2D eigenvalue weighted by molar-refractivity contribution is -0.125. The Labute approximate surface area is 172 Å². The molecule has 6 heteroatoms. The molecule has 3 rings (SSSR count). The Hall–Kier alpha value is -2.44. The molecule has 1 aliphatic heterocycles. The van der Waals surface area contributed by atoms with Crippen molar-refractivity contribution in [3.63, 3.8) is 0 Å². The highest BCUT2D eigenvalue weighted by Crippen LogP contribution is 2.36. The van der Waals surface area contributed by atoms with Gasteiger partial charge in [-0.05, 0) is 45.2 Å². The molecule has 0 spiro atoms. The zero-order chi connectivity index (χ0) is 20.7. The van der Waals surface area contributed by atoms with E-state index >= 15 is 0 Å². The number of pyridine rings is 1. The van der Waals surface area contributed by atoms with Gasteiger partial charge in [0.2, 0.25) is 11.8 Å². The molecular weight excluding hydrogens is 368 g/mol. The summed E-state index contributed by atoms with van der Waals surface area (Å²) in [7, 11) is 0. The number of benzene rings is 1. The van der Waals surface area contributed by atoms with E-state index < -0.39 is 5.41 Å². The summed E-state index contributed by atoms with van der Waals surface area (Å²) in [6, 6.07) is 10.1. The molecule has 1 aliphatic rings. The quantitative estimate of drug-likeness (QED) is 0.685. The molecule has 1 amide bonds. The van der Waals surface area contributed by atoms with Gasteiger partial charge in [0.05, 0.1) is 23.9 Å². The molecule has 0 aliphatic carbocycles. The average molecular weight is 399 g/mol. The molecule has 6 nitrogen and oxygen atoms in total. The molecule has 0 saturated carbocycles. The van der Waals surface area contributed by atoms with Crippen molar-refractivity contribution in [2.45, 2.75) is 39.0 Å². The van der Waals surface area contributed by atoms with Gasteiger partial charge in [0.15, 0.2) is 0 Å². The number of anilines is 1. The average Bonchev–Trinajstić information content (AvgIpc) is 2.73. The number of amides is 1. The minimum Gasteiger partial charge on any atom is -0.475 e. The zero-order valence-corrected chi connectivity index (χ0v) is 17.5. The molecule has 2 aromatic rings. The van der Waals surface area contributed by atoms with E-state index in [1.807, 2.05) is 26.8 Å². The van der Waals surface area contributed by atoms with Crippen molar-refractivity contribution >= 4 is 11.6 Å². The Kier molecular flexibility index (Phi) is 7.23. The standard InChI is InChI=1S/C23H30N2O4/c1-4-27-13-14-29-21-18(3)15-20(16-24-21)25-22(26)23(9-11-28-12-10-23)19-7-5-17(2)6-8-19/h5-8,15-16H,4,9-14H2,1-3H3,(H,25,26). The van der Waals surface area contributed by atoms with Crippen LogP contribution < -0.4 is 10.1 Å². The Morgan fingerprint density at radius 1 is 1.17 bits per heavy atom. The van der Waals surface area contributed by atoms with Gasteiger partial charge in [0.25, 0.3) is 0 Å². The van der Waals surface area contributed by atoms with Crippen molar-refractivity contribution < 1.29 is 19.0 Å². The van der Waals surface area contributed by atoms with Gasteiger partial charge in [-0.25, -0.2) is 4.98 Å². The third kappa shape index (κ3) is 5.14. The largest absolute Gasteiger partial charge is 0.475 e. The predicted octanol–water partition coefficient (Wildman–Crippen LogP) is 3.80. The maximum absolute atomic E-state index is 13.4.